The van der Waals surface area contributed by atoms with E-state index in [9.17, 15) is 0 Å². The van der Waals surface area contributed by atoms with E-state index in [0.29, 0.717) is 5.76 Å². The van der Waals surface area contributed by atoms with Crippen LogP contribution in [0.25, 0.3) is 0 Å². The summed E-state index contributed by atoms with van der Waals surface area (Å²) in [5, 5.41) is 8.53. The Kier molecular flexibility index (Phi) is 2.04. The molecule has 1 rings (SSSR count). The molecule has 0 atom stereocenters. The van der Waals surface area contributed by atoms with Gasteiger partial charge in [0.05, 0.1) is 6.20 Å². The van der Waals surface area contributed by atoms with Crippen molar-refractivity contribution >= 4 is 6.21 Å². The molecule has 0 aromatic carbocycles. The topological polar surface area (TPSA) is 41.8 Å². The molecule has 0 saturated heterocycles. The lowest BCUT2D eigenvalue weighted by molar-refractivity contribution is 0.236. The van der Waals surface area contributed by atoms with Gasteiger partial charge in [-0.15, -0.1) is 0 Å². The maximum Gasteiger partial charge on any atom is 0.130 e. The SMILES string of the molecule is OCC1=CC=NC=CO1. The molecule has 0 spiro atoms. The van der Waals surface area contributed by atoms with Gasteiger partial charge in [-0.25, -0.2) is 0 Å². The van der Waals surface area contributed by atoms with Crippen molar-refractivity contribution in [3.8, 4) is 0 Å². The van der Waals surface area contributed by atoms with E-state index >= 15 is 0 Å². The molecule has 1 N–H and O–H groups in total. The molecule has 0 amide bonds. The lowest BCUT2D eigenvalue weighted by atomic mass is 10.5. The van der Waals surface area contributed by atoms with Crippen molar-refractivity contribution in [1.82, 2.24) is 0 Å². The zero-order valence-corrected chi connectivity index (χ0v) is 4.82. The van der Waals surface area contributed by atoms with Crippen LogP contribution in [-0.4, -0.2) is 17.9 Å². The van der Waals surface area contributed by atoms with Crippen LogP contribution in [0.15, 0.2) is 29.3 Å². The number of allylic oxidation sites excluding steroid dienone is 1. The third-order valence-electron chi connectivity index (χ3n) is 0.869. The van der Waals surface area contributed by atoms with Crippen molar-refractivity contribution in [2.45, 2.75) is 0 Å². The second-order valence-corrected chi connectivity index (χ2v) is 1.49. The Morgan fingerprint density at radius 1 is 1.67 bits per heavy atom. The molecule has 1 aliphatic heterocycles. The summed E-state index contributed by atoms with van der Waals surface area (Å²) in [5.74, 6) is 0.507. The molecule has 3 nitrogen and oxygen atoms in total. The van der Waals surface area contributed by atoms with E-state index in [0.717, 1.165) is 0 Å². The monoisotopic (exact) mass is 125 g/mol. The molecule has 0 aromatic rings. The maximum atomic E-state index is 8.53. The first-order valence-corrected chi connectivity index (χ1v) is 2.58. The predicted molar refractivity (Wildman–Crippen MR) is 33.9 cm³/mol. The Morgan fingerprint density at radius 2 is 2.56 bits per heavy atom. The highest BCUT2D eigenvalue weighted by atomic mass is 16.5. The molecule has 9 heavy (non-hydrogen) atoms. The van der Waals surface area contributed by atoms with Crippen LogP contribution < -0.4 is 0 Å². The summed E-state index contributed by atoms with van der Waals surface area (Å²) < 4.78 is 4.86. The van der Waals surface area contributed by atoms with Gasteiger partial charge in [-0.2, -0.15) is 0 Å². The first-order valence-electron chi connectivity index (χ1n) is 2.58. The number of aliphatic hydroxyl groups excluding tert-OH is 1. The Bertz CT molecular complexity index is 170. The first-order chi connectivity index (χ1) is 4.43. The predicted octanol–water partition coefficient (Wildman–Crippen LogP) is 0.435. The Balaban J connectivity index is 2.62. The average Bonchev–Trinajstić information content (AvgIpc) is 2.13. The molecule has 0 aliphatic carbocycles. The van der Waals surface area contributed by atoms with Gasteiger partial charge < -0.3 is 9.84 Å². The van der Waals surface area contributed by atoms with E-state index in [1.165, 1.54) is 12.5 Å². The number of nitrogens with zero attached hydrogens (tertiary/aromatic N) is 1. The standard InChI is InChI=1S/C6H7NO2/c8-5-6-1-2-7-3-4-9-6/h1-4,8H,5H2. The van der Waals surface area contributed by atoms with E-state index in [4.69, 9.17) is 9.84 Å². The summed E-state index contributed by atoms with van der Waals surface area (Å²) >= 11 is 0. The van der Waals surface area contributed by atoms with Crippen LogP contribution in [0.1, 0.15) is 0 Å². The molecule has 0 bridgehead atoms. The maximum absolute atomic E-state index is 8.53. The summed E-state index contributed by atoms with van der Waals surface area (Å²) in [6.07, 6.45) is 6.11. The van der Waals surface area contributed by atoms with Gasteiger partial charge in [0.1, 0.15) is 18.6 Å². The minimum atomic E-state index is -0.0869. The van der Waals surface area contributed by atoms with Gasteiger partial charge in [0.25, 0.3) is 0 Å². The van der Waals surface area contributed by atoms with Crippen LogP contribution in [-0.2, 0) is 4.74 Å². The van der Waals surface area contributed by atoms with Crippen molar-refractivity contribution in [1.29, 1.82) is 0 Å². The third kappa shape index (κ3) is 1.70. The molecule has 48 valence electrons. The van der Waals surface area contributed by atoms with Gasteiger partial charge in [-0.05, 0) is 6.08 Å². The van der Waals surface area contributed by atoms with Crippen molar-refractivity contribution in [2.75, 3.05) is 6.61 Å². The normalized spacial score (nSPS) is 16.3. The van der Waals surface area contributed by atoms with E-state index < -0.39 is 0 Å². The number of hydrogen-bond donors (Lipinski definition) is 1. The molecule has 0 saturated carbocycles. The molecule has 0 fully saturated rings. The lowest BCUT2D eigenvalue weighted by Crippen LogP contribution is -1.90. The highest BCUT2D eigenvalue weighted by Crippen LogP contribution is 1.97. The molecule has 0 unspecified atom stereocenters. The van der Waals surface area contributed by atoms with Gasteiger partial charge in [-0.3, -0.25) is 4.99 Å². The van der Waals surface area contributed by atoms with E-state index in [-0.39, 0.29) is 6.61 Å². The summed E-state index contributed by atoms with van der Waals surface area (Å²) in [6, 6.07) is 0. The number of aliphatic hydroxyl groups is 1. The van der Waals surface area contributed by atoms with Crippen molar-refractivity contribution in [2.24, 2.45) is 4.99 Å². The van der Waals surface area contributed by atoms with Crippen LogP contribution in [0.5, 0.6) is 0 Å². The Hall–Kier alpha value is -1.09. The zero-order chi connectivity index (χ0) is 6.53. The van der Waals surface area contributed by atoms with Crippen molar-refractivity contribution < 1.29 is 9.84 Å². The van der Waals surface area contributed by atoms with E-state index in [1.807, 2.05) is 0 Å². The van der Waals surface area contributed by atoms with Crippen LogP contribution in [0.3, 0.4) is 0 Å². The minimum absolute atomic E-state index is 0.0869. The average molecular weight is 125 g/mol. The second kappa shape index (κ2) is 3.04. The van der Waals surface area contributed by atoms with Gasteiger partial charge in [0, 0.05) is 6.21 Å². The van der Waals surface area contributed by atoms with Crippen molar-refractivity contribution in [3.63, 3.8) is 0 Å². The Labute approximate surface area is 53.0 Å². The van der Waals surface area contributed by atoms with Gasteiger partial charge in [0.2, 0.25) is 0 Å². The van der Waals surface area contributed by atoms with E-state index in [1.54, 1.807) is 12.3 Å². The van der Waals surface area contributed by atoms with Gasteiger partial charge in [-0.1, -0.05) is 0 Å². The molecular formula is C6H7NO2. The highest BCUT2D eigenvalue weighted by Gasteiger charge is 1.91. The second-order valence-electron chi connectivity index (χ2n) is 1.49. The van der Waals surface area contributed by atoms with Crippen molar-refractivity contribution in [3.05, 3.63) is 24.3 Å². The summed E-state index contributed by atoms with van der Waals surface area (Å²) in [6.45, 7) is -0.0869. The smallest absolute Gasteiger partial charge is 0.130 e. The fourth-order valence-corrected chi connectivity index (χ4v) is 0.458. The minimum Gasteiger partial charge on any atom is -0.465 e. The molecule has 3 heteroatoms. The third-order valence-corrected chi connectivity index (χ3v) is 0.869. The highest BCUT2D eigenvalue weighted by molar-refractivity contribution is 5.72. The zero-order valence-electron chi connectivity index (χ0n) is 4.82. The van der Waals surface area contributed by atoms with Crippen LogP contribution in [0.4, 0.5) is 0 Å². The van der Waals surface area contributed by atoms with E-state index in [2.05, 4.69) is 4.99 Å². The molecule has 1 heterocycles. The molecule has 0 aromatic heterocycles. The summed E-state index contributed by atoms with van der Waals surface area (Å²) in [5.41, 5.74) is 0. The molecular weight excluding hydrogens is 118 g/mol. The number of rotatable bonds is 1. The Morgan fingerprint density at radius 3 is 3.33 bits per heavy atom. The number of ether oxygens (including phenoxy) is 1. The molecule has 1 aliphatic rings. The fraction of sp³-hybridized carbons (Fsp3) is 0.167. The van der Waals surface area contributed by atoms with Crippen LogP contribution in [0, 0.1) is 0 Å². The summed E-state index contributed by atoms with van der Waals surface area (Å²) in [4.78, 5) is 3.75. The molecule has 0 radical (unpaired) electrons. The fourth-order valence-electron chi connectivity index (χ4n) is 0.458. The quantitative estimate of drug-likeness (QED) is 0.552. The largest absolute Gasteiger partial charge is 0.465 e. The summed E-state index contributed by atoms with van der Waals surface area (Å²) in [7, 11) is 0. The first kappa shape index (κ1) is 6.04. The van der Waals surface area contributed by atoms with Crippen LogP contribution >= 0.6 is 0 Å². The number of aliphatic imine (C=N–C) groups is 1. The van der Waals surface area contributed by atoms with Gasteiger partial charge in [0.15, 0.2) is 0 Å². The van der Waals surface area contributed by atoms with Crippen LogP contribution in [0.2, 0.25) is 0 Å². The number of hydrogen-bond acceptors (Lipinski definition) is 3. The lowest BCUT2D eigenvalue weighted by Gasteiger charge is -1.96. The van der Waals surface area contributed by atoms with Gasteiger partial charge >= 0.3 is 0 Å².